The van der Waals surface area contributed by atoms with Gasteiger partial charge in [0, 0.05) is 12.1 Å². The maximum absolute atomic E-state index is 12.5. The lowest BCUT2D eigenvalue weighted by Gasteiger charge is -2.12. The molecule has 0 aliphatic carbocycles. The van der Waals surface area contributed by atoms with Crippen molar-refractivity contribution in [3.05, 3.63) is 53.6 Å². The third-order valence-corrected chi connectivity index (χ3v) is 4.08. The molecule has 0 radical (unpaired) electrons. The normalized spacial score (nSPS) is 12.1. The van der Waals surface area contributed by atoms with Crippen LogP contribution in [0.2, 0.25) is 0 Å². The third kappa shape index (κ3) is 5.28. The van der Waals surface area contributed by atoms with Crippen molar-refractivity contribution in [3.63, 3.8) is 0 Å². The van der Waals surface area contributed by atoms with Crippen molar-refractivity contribution in [1.82, 2.24) is 5.32 Å². The number of fused-ring (bicyclic) bond motifs is 1. The summed E-state index contributed by atoms with van der Waals surface area (Å²) in [5.74, 6) is 1.82. The molecule has 7 nitrogen and oxygen atoms in total. The Morgan fingerprint density at radius 2 is 1.86 bits per heavy atom. The molecule has 1 aliphatic rings. The van der Waals surface area contributed by atoms with Gasteiger partial charge in [-0.05, 0) is 55.8 Å². The highest BCUT2D eigenvalue weighted by atomic mass is 16.7. The van der Waals surface area contributed by atoms with Crippen molar-refractivity contribution < 1.29 is 28.5 Å². The average molecular weight is 397 g/mol. The van der Waals surface area contributed by atoms with Crippen molar-refractivity contribution in [2.45, 2.75) is 13.8 Å². The van der Waals surface area contributed by atoms with E-state index in [1.54, 1.807) is 42.5 Å². The fourth-order valence-electron chi connectivity index (χ4n) is 2.73. The SMILES string of the molecule is CCNC(=O)COc1ccc(C=CC(=O)c2ccc3c(c2)OCO3)cc1OCC. The number of allylic oxidation sites excluding steroid dienone is 1. The van der Waals surface area contributed by atoms with Gasteiger partial charge < -0.3 is 24.3 Å². The van der Waals surface area contributed by atoms with Gasteiger partial charge in [-0.25, -0.2) is 0 Å². The number of rotatable bonds is 9. The Bertz CT molecular complexity index is 922. The van der Waals surface area contributed by atoms with Gasteiger partial charge in [0.25, 0.3) is 5.91 Å². The van der Waals surface area contributed by atoms with Crippen molar-refractivity contribution in [3.8, 4) is 23.0 Å². The minimum absolute atomic E-state index is 0.0916. The van der Waals surface area contributed by atoms with Gasteiger partial charge in [-0.2, -0.15) is 0 Å². The summed E-state index contributed by atoms with van der Waals surface area (Å²) in [5, 5.41) is 2.67. The molecule has 29 heavy (non-hydrogen) atoms. The summed E-state index contributed by atoms with van der Waals surface area (Å²) in [5.41, 5.74) is 1.28. The zero-order chi connectivity index (χ0) is 20.6. The molecule has 2 aromatic rings. The molecule has 152 valence electrons. The molecule has 0 saturated carbocycles. The van der Waals surface area contributed by atoms with Gasteiger partial charge in [0.15, 0.2) is 35.4 Å². The van der Waals surface area contributed by atoms with Crippen LogP contribution in [0.4, 0.5) is 0 Å². The van der Waals surface area contributed by atoms with E-state index in [0.29, 0.717) is 41.7 Å². The van der Waals surface area contributed by atoms with Crippen LogP contribution in [0, 0.1) is 0 Å². The summed E-state index contributed by atoms with van der Waals surface area (Å²) in [6.45, 7) is 4.76. The second-order valence-electron chi connectivity index (χ2n) is 6.15. The minimum atomic E-state index is -0.201. The quantitative estimate of drug-likeness (QED) is 0.517. The molecule has 0 saturated heterocycles. The summed E-state index contributed by atoms with van der Waals surface area (Å²) in [6.07, 6.45) is 3.18. The molecular formula is C22H23NO6. The van der Waals surface area contributed by atoms with E-state index >= 15 is 0 Å². The minimum Gasteiger partial charge on any atom is -0.490 e. The lowest BCUT2D eigenvalue weighted by molar-refractivity contribution is -0.123. The lowest BCUT2D eigenvalue weighted by atomic mass is 10.1. The molecular weight excluding hydrogens is 374 g/mol. The van der Waals surface area contributed by atoms with E-state index in [-0.39, 0.29) is 25.1 Å². The van der Waals surface area contributed by atoms with Crippen molar-refractivity contribution in [2.75, 3.05) is 26.6 Å². The van der Waals surface area contributed by atoms with Gasteiger partial charge in [0.1, 0.15) is 0 Å². The van der Waals surface area contributed by atoms with Crippen LogP contribution in [-0.4, -0.2) is 38.2 Å². The predicted molar refractivity (Wildman–Crippen MR) is 108 cm³/mol. The molecule has 0 aromatic heterocycles. The Balaban J connectivity index is 1.70. The van der Waals surface area contributed by atoms with Gasteiger partial charge in [0.2, 0.25) is 6.79 Å². The number of benzene rings is 2. The molecule has 1 aliphatic heterocycles. The molecule has 2 aromatic carbocycles. The van der Waals surface area contributed by atoms with Gasteiger partial charge in [-0.1, -0.05) is 12.1 Å². The molecule has 0 bridgehead atoms. The predicted octanol–water partition coefficient (Wildman–Crippen LogP) is 3.23. The monoisotopic (exact) mass is 397 g/mol. The Kier molecular flexibility index (Phi) is 6.73. The van der Waals surface area contributed by atoms with E-state index in [4.69, 9.17) is 18.9 Å². The number of likely N-dealkylation sites (N-methyl/N-ethyl adjacent to an activating group) is 1. The zero-order valence-corrected chi connectivity index (χ0v) is 16.4. The molecule has 1 heterocycles. The second-order valence-corrected chi connectivity index (χ2v) is 6.15. The zero-order valence-electron chi connectivity index (χ0n) is 16.4. The topological polar surface area (TPSA) is 83.1 Å². The first-order chi connectivity index (χ1) is 14.1. The van der Waals surface area contributed by atoms with Crippen LogP contribution in [0.3, 0.4) is 0 Å². The highest BCUT2D eigenvalue weighted by Gasteiger charge is 2.15. The molecule has 1 amide bonds. The standard InChI is InChI=1S/C22H23NO6/c1-3-23-22(25)13-27-18-9-6-15(11-20(18)26-4-2)5-8-17(24)16-7-10-19-21(12-16)29-14-28-19/h5-12H,3-4,13-14H2,1-2H3,(H,23,25). The molecule has 0 fully saturated rings. The maximum Gasteiger partial charge on any atom is 0.257 e. The van der Waals surface area contributed by atoms with Gasteiger partial charge in [0.05, 0.1) is 6.61 Å². The molecule has 0 unspecified atom stereocenters. The number of hydrogen-bond acceptors (Lipinski definition) is 6. The van der Waals surface area contributed by atoms with Crippen molar-refractivity contribution in [2.24, 2.45) is 0 Å². The Labute approximate surface area is 169 Å². The molecule has 1 N–H and O–H groups in total. The van der Waals surface area contributed by atoms with Gasteiger partial charge in [-0.3, -0.25) is 9.59 Å². The number of ketones is 1. The summed E-state index contributed by atoms with van der Waals surface area (Å²) in [6, 6.07) is 10.4. The summed E-state index contributed by atoms with van der Waals surface area (Å²) >= 11 is 0. The number of amides is 1. The second kappa shape index (κ2) is 9.64. The van der Waals surface area contributed by atoms with Crippen molar-refractivity contribution in [1.29, 1.82) is 0 Å². The average Bonchev–Trinajstić information content (AvgIpc) is 3.19. The Hall–Kier alpha value is -3.48. The van der Waals surface area contributed by atoms with Crippen LogP contribution in [0.1, 0.15) is 29.8 Å². The number of nitrogens with one attached hydrogen (secondary N) is 1. The molecule has 7 heteroatoms. The molecule has 0 atom stereocenters. The number of carbonyl (C=O) groups is 2. The first-order valence-electron chi connectivity index (χ1n) is 9.39. The maximum atomic E-state index is 12.5. The van der Waals surface area contributed by atoms with Crippen LogP contribution in [0.25, 0.3) is 6.08 Å². The van der Waals surface area contributed by atoms with E-state index in [0.717, 1.165) is 5.56 Å². The third-order valence-electron chi connectivity index (χ3n) is 4.08. The largest absolute Gasteiger partial charge is 0.490 e. The van der Waals surface area contributed by atoms with Crippen LogP contribution in [-0.2, 0) is 4.79 Å². The highest BCUT2D eigenvalue weighted by Crippen LogP contribution is 2.33. The van der Waals surface area contributed by atoms with Crippen LogP contribution >= 0.6 is 0 Å². The van der Waals surface area contributed by atoms with Crippen LogP contribution in [0.15, 0.2) is 42.5 Å². The Morgan fingerprint density at radius 3 is 2.66 bits per heavy atom. The first-order valence-corrected chi connectivity index (χ1v) is 9.39. The van der Waals surface area contributed by atoms with Crippen LogP contribution < -0.4 is 24.3 Å². The number of hydrogen-bond donors (Lipinski definition) is 1. The van der Waals surface area contributed by atoms with Gasteiger partial charge in [-0.15, -0.1) is 0 Å². The van der Waals surface area contributed by atoms with Crippen LogP contribution in [0.5, 0.6) is 23.0 Å². The fraction of sp³-hybridized carbons (Fsp3) is 0.273. The van der Waals surface area contributed by atoms with Gasteiger partial charge >= 0.3 is 0 Å². The summed E-state index contributed by atoms with van der Waals surface area (Å²) in [7, 11) is 0. The molecule has 3 rings (SSSR count). The number of ether oxygens (including phenoxy) is 4. The summed E-state index contributed by atoms with van der Waals surface area (Å²) in [4.78, 5) is 24.0. The lowest BCUT2D eigenvalue weighted by Crippen LogP contribution is -2.28. The first kappa shape index (κ1) is 20.3. The van der Waals surface area contributed by atoms with E-state index in [1.165, 1.54) is 6.08 Å². The van der Waals surface area contributed by atoms with E-state index in [9.17, 15) is 9.59 Å². The van der Waals surface area contributed by atoms with E-state index in [2.05, 4.69) is 5.32 Å². The number of carbonyl (C=O) groups excluding carboxylic acids is 2. The smallest absolute Gasteiger partial charge is 0.257 e. The highest BCUT2D eigenvalue weighted by molar-refractivity contribution is 6.07. The molecule has 0 spiro atoms. The van der Waals surface area contributed by atoms with E-state index in [1.807, 2.05) is 13.8 Å². The van der Waals surface area contributed by atoms with Crippen molar-refractivity contribution >= 4 is 17.8 Å². The summed E-state index contributed by atoms with van der Waals surface area (Å²) < 4.78 is 21.7. The van der Waals surface area contributed by atoms with E-state index < -0.39 is 0 Å². The fourth-order valence-corrected chi connectivity index (χ4v) is 2.73. The Morgan fingerprint density at radius 1 is 1.03 bits per heavy atom.